The summed E-state index contributed by atoms with van der Waals surface area (Å²) in [5.74, 6) is 0. The van der Waals surface area contributed by atoms with Crippen LogP contribution in [0.2, 0.25) is 0 Å². The molecule has 22 heavy (non-hydrogen) atoms. The molecule has 4 nitrogen and oxygen atoms in total. The van der Waals surface area contributed by atoms with Crippen molar-refractivity contribution in [3.8, 4) is 0 Å². The van der Waals surface area contributed by atoms with Gasteiger partial charge in [0.1, 0.15) is 16.1 Å². The third-order valence-corrected chi connectivity index (χ3v) is 4.51. The summed E-state index contributed by atoms with van der Waals surface area (Å²) in [5, 5.41) is 6.82. The van der Waals surface area contributed by atoms with Crippen molar-refractivity contribution in [2.24, 2.45) is 4.40 Å². The van der Waals surface area contributed by atoms with Crippen molar-refractivity contribution < 1.29 is 17.7 Å². The lowest BCUT2D eigenvalue weighted by Crippen LogP contribution is -2.26. The Balaban J connectivity index is 2.59. The first-order valence-electron chi connectivity index (χ1n) is 6.52. The summed E-state index contributed by atoms with van der Waals surface area (Å²) < 4.78 is 54.5. The highest BCUT2D eigenvalue weighted by molar-refractivity contribution is 7.91. The fourth-order valence-corrected chi connectivity index (χ4v) is 2.45. The molecule has 0 aliphatic rings. The number of fused-ring (bicyclic) bond motifs is 1. The molecule has 1 N–H and O–H groups in total. The standard InChI is InChI=1S/C14H16F3N3OS/c1-8(20-22(21)13(2,3)4)10-5-9(14(15,16)17)6-12-11(10)7-18-19-12/h5-7H,1-4H3,(H,18,19). The van der Waals surface area contributed by atoms with Crippen LogP contribution in [0.1, 0.15) is 38.8 Å². The van der Waals surface area contributed by atoms with Crippen molar-refractivity contribution in [3.63, 3.8) is 0 Å². The highest BCUT2D eigenvalue weighted by Gasteiger charge is 2.32. The molecule has 1 heterocycles. The Morgan fingerprint density at radius 1 is 1.27 bits per heavy atom. The van der Waals surface area contributed by atoms with E-state index in [1.54, 1.807) is 27.7 Å². The lowest BCUT2D eigenvalue weighted by molar-refractivity contribution is -0.137. The molecule has 0 aliphatic heterocycles. The second-order valence-corrected chi connectivity index (χ2v) is 7.80. The topological polar surface area (TPSA) is 64.1 Å². The van der Waals surface area contributed by atoms with Gasteiger partial charge >= 0.3 is 6.18 Å². The maximum Gasteiger partial charge on any atom is 0.416 e. The number of hydrogen-bond acceptors (Lipinski definition) is 3. The Morgan fingerprint density at radius 3 is 2.45 bits per heavy atom. The van der Waals surface area contributed by atoms with Crippen LogP contribution in [0.25, 0.3) is 10.9 Å². The summed E-state index contributed by atoms with van der Waals surface area (Å²) in [4.78, 5) is 0. The average Bonchev–Trinajstić information content (AvgIpc) is 2.83. The van der Waals surface area contributed by atoms with Gasteiger partial charge in [-0.05, 0) is 39.8 Å². The number of halogens is 3. The van der Waals surface area contributed by atoms with E-state index < -0.39 is 27.8 Å². The van der Waals surface area contributed by atoms with Gasteiger partial charge in [-0.3, -0.25) is 5.10 Å². The minimum Gasteiger partial charge on any atom is -0.591 e. The number of alkyl halides is 3. The van der Waals surface area contributed by atoms with E-state index in [-0.39, 0.29) is 16.8 Å². The number of aromatic amines is 1. The first-order chi connectivity index (χ1) is 10.00. The van der Waals surface area contributed by atoms with Gasteiger partial charge < -0.3 is 4.55 Å². The minimum absolute atomic E-state index is 0.265. The second-order valence-electron chi connectivity index (χ2n) is 5.89. The highest BCUT2D eigenvalue weighted by atomic mass is 32.2. The zero-order chi connectivity index (χ0) is 16.7. The monoisotopic (exact) mass is 331 g/mol. The van der Waals surface area contributed by atoms with Gasteiger partial charge in [-0.1, -0.05) is 4.40 Å². The number of H-pyrrole nitrogens is 1. The largest absolute Gasteiger partial charge is 0.591 e. The van der Waals surface area contributed by atoms with Crippen LogP contribution in [0, 0.1) is 0 Å². The Hall–Kier alpha value is -1.54. The van der Waals surface area contributed by atoms with E-state index >= 15 is 0 Å². The Kier molecular flexibility index (Phi) is 4.27. The number of rotatable bonds is 2. The van der Waals surface area contributed by atoms with E-state index in [1.807, 2.05) is 0 Å². The first kappa shape index (κ1) is 16.8. The number of benzene rings is 1. The van der Waals surface area contributed by atoms with Gasteiger partial charge in [0.05, 0.1) is 23.0 Å². The molecule has 1 aromatic carbocycles. The van der Waals surface area contributed by atoms with Crippen LogP contribution >= 0.6 is 0 Å². The fraction of sp³-hybridized carbons (Fsp3) is 0.429. The Morgan fingerprint density at radius 2 is 1.91 bits per heavy atom. The van der Waals surface area contributed by atoms with Crippen LogP contribution in [0.3, 0.4) is 0 Å². The van der Waals surface area contributed by atoms with E-state index in [0.29, 0.717) is 5.39 Å². The maximum absolute atomic E-state index is 13.0. The van der Waals surface area contributed by atoms with Gasteiger partial charge in [-0.25, -0.2) is 0 Å². The molecule has 120 valence electrons. The normalized spacial score (nSPS) is 15.4. The summed E-state index contributed by atoms with van der Waals surface area (Å²) >= 11 is -1.55. The lowest BCUT2D eigenvalue weighted by atomic mass is 10.0. The summed E-state index contributed by atoms with van der Waals surface area (Å²) in [5.41, 5.74) is 0.0261. The van der Waals surface area contributed by atoms with Crippen molar-refractivity contribution in [2.75, 3.05) is 0 Å². The summed E-state index contributed by atoms with van der Waals surface area (Å²) in [6, 6.07) is 2.01. The molecule has 2 rings (SSSR count). The molecule has 0 saturated heterocycles. The minimum atomic E-state index is -4.47. The predicted octanol–water partition coefficient (Wildman–Crippen LogP) is 3.85. The van der Waals surface area contributed by atoms with Gasteiger partial charge in [-0.2, -0.15) is 18.3 Å². The van der Waals surface area contributed by atoms with Crippen molar-refractivity contribution in [1.29, 1.82) is 0 Å². The summed E-state index contributed by atoms with van der Waals surface area (Å²) in [6.07, 6.45) is -3.04. The number of nitrogens with one attached hydrogen (secondary N) is 1. The van der Waals surface area contributed by atoms with Crippen molar-refractivity contribution in [3.05, 3.63) is 29.5 Å². The third-order valence-electron chi connectivity index (χ3n) is 3.02. The predicted molar refractivity (Wildman–Crippen MR) is 81.2 cm³/mol. The lowest BCUT2D eigenvalue weighted by Gasteiger charge is -2.19. The van der Waals surface area contributed by atoms with Gasteiger partial charge in [0.2, 0.25) is 0 Å². The summed E-state index contributed by atoms with van der Waals surface area (Å²) in [6.45, 7) is 6.80. The second kappa shape index (κ2) is 5.58. The van der Waals surface area contributed by atoms with E-state index in [1.165, 1.54) is 6.20 Å². The van der Waals surface area contributed by atoms with Crippen molar-refractivity contribution >= 4 is 28.0 Å². The zero-order valence-corrected chi connectivity index (χ0v) is 13.4. The average molecular weight is 331 g/mol. The number of aromatic nitrogens is 2. The molecule has 0 bridgehead atoms. The molecule has 1 unspecified atom stereocenters. The smallest absolute Gasteiger partial charge is 0.416 e. The first-order valence-corrected chi connectivity index (χ1v) is 7.63. The van der Waals surface area contributed by atoms with Gasteiger partial charge in [0, 0.05) is 10.9 Å². The van der Waals surface area contributed by atoms with E-state index in [9.17, 15) is 17.7 Å². The molecule has 0 radical (unpaired) electrons. The molecule has 1 aromatic heterocycles. The van der Waals surface area contributed by atoms with Crippen LogP contribution in [0.4, 0.5) is 13.2 Å². The highest BCUT2D eigenvalue weighted by Crippen LogP contribution is 2.33. The molecule has 0 amide bonds. The van der Waals surface area contributed by atoms with Crippen LogP contribution in [-0.4, -0.2) is 25.2 Å². The Bertz CT molecular complexity index is 716. The fourth-order valence-electron chi connectivity index (χ4n) is 1.82. The van der Waals surface area contributed by atoms with Gasteiger partial charge in [-0.15, -0.1) is 0 Å². The quantitative estimate of drug-likeness (QED) is 0.671. The SMILES string of the molecule is CC(=N[S+]([O-])C(C)(C)C)c1cc(C(F)(F)F)cc2[nH]ncc12. The molecule has 2 aromatic rings. The van der Waals surface area contributed by atoms with E-state index in [4.69, 9.17) is 0 Å². The molecular formula is C14H16F3N3OS. The van der Waals surface area contributed by atoms with Gasteiger partial charge in [0.25, 0.3) is 0 Å². The zero-order valence-electron chi connectivity index (χ0n) is 12.6. The molecule has 1 atom stereocenters. The van der Waals surface area contributed by atoms with Crippen LogP contribution in [-0.2, 0) is 17.5 Å². The summed E-state index contributed by atoms with van der Waals surface area (Å²) in [7, 11) is 0. The van der Waals surface area contributed by atoms with Crippen molar-refractivity contribution in [2.45, 2.75) is 38.6 Å². The van der Waals surface area contributed by atoms with Crippen LogP contribution in [0.5, 0.6) is 0 Å². The number of hydrogen-bond donors (Lipinski definition) is 1. The Labute approximate surface area is 129 Å². The third kappa shape index (κ3) is 3.44. The molecular weight excluding hydrogens is 315 g/mol. The molecule has 0 saturated carbocycles. The maximum atomic E-state index is 13.0. The molecule has 8 heteroatoms. The molecule has 0 spiro atoms. The van der Waals surface area contributed by atoms with E-state index in [2.05, 4.69) is 14.6 Å². The van der Waals surface area contributed by atoms with E-state index in [0.717, 1.165) is 12.1 Å². The number of nitrogens with zero attached hydrogens (tertiary/aromatic N) is 2. The van der Waals surface area contributed by atoms with Crippen LogP contribution < -0.4 is 0 Å². The van der Waals surface area contributed by atoms with Crippen LogP contribution in [0.15, 0.2) is 22.7 Å². The molecule has 0 fully saturated rings. The van der Waals surface area contributed by atoms with Gasteiger partial charge in [0.15, 0.2) is 0 Å². The van der Waals surface area contributed by atoms with Crippen molar-refractivity contribution in [1.82, 2.24) is 10.2 Å². The molecule has 0 aliphatic carbocycles.